The third-order valence-electron chi connectivity index (χ3n) is 0.406. The van der Waals surface area contributed by atoms with Crippen LogP contribution in [0.4, 0.5) is 0 Å². The normalized spacial score (nSPS) is 5.40. The molecule has 0 unspecified atom stereocenters. The number of nitrogens with one attached hydrogen (secondary N) is 1. The first kappa shape index (κ1) is 17.0. The summed E-state index contributed by atoms with van der Waals surface area (Å²) in [4.78, 5) is 6.42. The van der Waals surface area contributed by atoms with Gasteiger partial charge in [0.25, 0.3) is 0 Å². The fourth-order valence-corrected chi connectivity index (χ4v) is 0.215. The van der Waals surface area contributed by atoms with Crippen LogP contribution in [0.25, 0.3) is 0 Å². The maximum absolute atomic E-state index is 8.36. The molecule has 1 heterocycles. The Hall–Kier alpha value is 0.791. The molecule has 4 N–H and O–H groups in total. The van der Waals surface area contributed by atoms with Crippen LogP contribution in [-0.4, -0.2) is 28.2 Å². The Balaban J connectivity index is -0.0000000900. The van der Waals surface area contributed by atoms with E-state index in [9.17, 15) is 0 Å². The van der Waals surface area contributed by atoms with Crippen LogP contribution < -0.4 is 56.4 Å². The quantitative estimate of drug-likeness (QED) is 0.378. The van der Waals surface area contributed by atoms with Crippen LogP contribution in [0, 0.1) is 0 Å². The average Bonchev–Trinajstić information content (AvgIpc) is 2.17. The molecule has 0 spiro atoms. The maximum atomic E-state index is 8.36. The fraction of sp³-hybridized carbons (Fsp3) is 0. The minimum absolute atomic E-state index is 0. The van der Waals surface area contributed by atoms with Gasteiger partial charge in [-0.15, -0.1) is 0 Å². The third-order valence-corrected chi connectivity index (χ3v) is 0.406. The Morgan fingerprint density at radius 1 is 1.60 bits per heavy atom. The summed E-state index contributed by atoms with van der Waals surface area (Å²) in [7, 11) is -0.250. The van der Waals surface area contributed by atoms with Gasteiger partial charge in [0.2, 0.25) is 0 Å². The number of aromatic amines is 1. The molecule has 1 rings (SSSR count). The smallest absolute Gasteiger partial charge is 0.861 e. The molecule has 0 bridgehead atoms. The molecule has 10 heavy (non-hydrogen) atoms. The fourth-order valence-electron chi connectivity index (χ4n) is 0.215. The molecule has 5 nitrogen and oxygen atoms in total. The summed E-state index contributed by atoms with van der Waals surface area (Å²) in [5.74, 6) is 0. The Morgan fingerprint density at radius 3 is 2.20 bits per heavy atom. The van der Waals surface area contributed by atoms with E-state index < -0.39 is 0 Å². The van der Waals surface area contributed by atoms with Crippen molar-refractivity contribution in [3.8, 4) is 0 Å². The van der Waals surface area contributed by atoms with Crippen LogP contribution in [0.1, 0.15) is 0 Å². The zero-order valence-electron chi connectivity index (χ0n) is 5.61. The summed E-state index contributed by atoms with van der Waals surface area (Å²) >= 11 is 0. The summed E-state index contributed by atoms with van der Waals surface area (Å²) in [5.41, 5.74) is 0. The number of imidazole rings is 1. The van der Waals surface area contributed by atoms with Gasteiger partial charge in [0, 0.05) is 12.4 Å². The summed E-state index contributed by atoms with van der Waals surface area (Å²) < 4.78 is 0. The van der Waals surface area contributed by atoms with Crippen molar-refractivity contribution < 1.29 is 66.9 Å². The SMILES string of the molecule is O.[K+].[O-][B]O.c1c[nH]cn1. The standard InChI is InChI=1S/C3H4N2.BHO2.K.H2O/c1-2-5-3-4-1;2-1-3;;/h1-3H,(H,4,5);2H;;1H2/q;-1;+1;. The average molecular weight is 169 g/mol. The molecule has 0 saturated carbocycles. The van der Waals surface area contributed by atoms with Gasteiger partial charge in [0.1, 0.15) is 0 Å². The van der Waals surface area contributed by atoms with E-state index in [4.69, 9.17) is 10.0 Å². The first-order valence-electron chi connectivity index (χ1n) is 1.92. The third kappa shape index (κ3) is 15.9. The van der Waals surface area contributed by atoms with Crippen LogP contribution in [0.5, 0.6) is 0 Å². The second-order valence-electron chi connectivity index (χ2n) is 0.866. The van der Waals surface area contributed by atoms with E-state index in [2.05, 4.69) is 9.97 Å². The van der Waals surface area contributed by atoms with Gasteiger partial charge in [0.05, 0.1) is 6.33 Å². The molecule has 1 aromatic rings. The monoisotopic (exact) mass is 169 g/mol. The van der Waals surface area contributed by atoms with Crippen molar-refractivity contribution in [3.63, 3.8) is 0 Å². The van der Waals surface area contributed by atoms with E-state index in [0.29, 0.717) is 0 Å². The van der Waals surface area contributed by atoms with Crippen LogP contribution in [0.2, 0.25) is 0 Å². The molecule has 0 aliphatic rings. The predicted molar refractivity (Wildman–Crippen MR) is 30.2 cm³/mol. The topological polar surface area (TPSA) is 103 Å². The van der Waals surface area contributed by atoms with Crippen molar-refractivity contribution in [2.75, 3.05) is 0 Å². The second kappa shape index (κ2) is 16.4. The molecule has 0 fully saturated rings. The van der Waals surface area contributed by atoms with Gasteiger partial charge in [-0.1, -0.05) is 0 Å². The number of H-pyrrole nitrogens is 1. The van der Waals surface area contributed by atoms with Crippen LogP contribution in [0.15, 0.2) is 18.7 Å². The Kier molecular flexibility index (Phi) is 28.0. The van der Waals surface area contributed by atoms with Crippen LogP contribution >= 0.6 is 0 Å². The predicted octanol–water partition coefficient (Wildman–Crippen LogP) is -5.54. The molecule has 0 saturated heterocycles. The molecular weight excluding hydrogens is 162 g/mol. The van der Waals surface area contributed by atoms with Crippen molar-refractivity contribution in [1.82, 2.24) is 9.97 Å². The first-order valence-corrected chi connectivity index (χ1v) is 1.92. The minimum atomic E-state index is -0.250. The van der Waals surface area contributed by atoms with E-state index in [0.717, 1.165) is 0 Å². The van der Waals surface area contributed by atoms with Crippen molar-refractivity contribution in [1.29, 1.82) is 0 Å². The van der Waals surface area contributed by atoms with Crippen molar-refractivity contribution in [2.24, 2.45) is 0 Å². The van der Waals surface area contributed by atoms with Crippen LogP contribution in [-0.2, 0) is 0 Å². The van der Waals surface area contributed by atoms with E-state index in [1.165, 1.54) is 0 Å². The molecule has 0 aliphatic heterocycles. The zero-order valence-corrected chi connectivity index (χ0v) is 8.74. The number of aromatic nitrogens is 2. The first-order chi connectivity index (χ1) is 3.91. The molecule has 0 amide bonds. The maximum Gasteiger partial charge on any atom is 1.00 e. The van der Waals surface area contributed by atoms with E-state index >= 15 is 0 Å². The van der Waals surface area contributed by atoms with Gasteiger partial charge in [0.15, 0.2) is 7.69 Å². The van der Waals surface area contributed by atoms with Gasteiger partial charge in [-0.05, 0) is 0 Å². The largest absolute Gasteiger partial charge is 1.00 e. The molecule has 0 aliphatic carbocycles. The van der Waals surface area contributed by atoms with Crippen molar-refractivity contribution in [3.05, 3.63) is 18.7 Å². The van der Waals surface area contributed by atoms with E-state index in [1.807, 2.05) is 0 Å². The van der Waals surface area contributed by atoms with Crippen LogP contribution in [0.3, 0.4) is 0 Å². The molecule has 7 heteroatoms. The second-order valence-corrected chi connectivity index (χ2v) is 0.866. The van der Waals surface area contributed by atoms with Gasteiger partial charge < -0.3 is 20.5 Å². The number of rotatable bonds is 0. The Bertz CT molecular complexity index is 88.6. The van der Waals surface area contributed by atoms with Gasteiger partial charge in [-0.2, -0.15) is 0 Å². The molecule has 1 radical (unpaired) electrons. The molecular formula is C3H7BKN2O3. The van der Waals surface area contributed by atoms with E-state index in [-0.39, 0.29) is 64.5 Å². The van der Waals surface area contributed by atoms with Crippen molar-refractivity contribution in [2.45, 2.75) is 0 Å². The summed E-state index contributed by atoms with van der Waals surface area (Å²) in [6.45, 7) is 0. The number of nitrogens with zero attached hydrogens (tertiary/aromatic N) is 1. The Labute approximate surface area is 102 Å². The van der Waals surface area contributed by atoms with Gasteiger partial charge >= 0.3 is 51.4 Å². The van der Waals surface area contributed by atoms with Gasteiger partial charge in [-0.25, -0.2) is 4.98 Å². The molecule has 0 aromatic carbocycles. The Morgan fingerprint density at radius 2 is 2.10 bits per heavy atom. The number of hydrogen-bond acceptors (Lipinski definition) is 3. The molecule has 0 atom stereocenters. The van der Waals surface area contributed by atoms with E-state index in [1.54, 1.807) is 18.7 Å². The summed E-state index contributed by atoms with van der Waals surface area (Å²) in [6.07, 6.45) is 5.08. The zero-order chi connectivity index (χ0) is 6.24. The summed E-state index contributed by atoms with van der Waals surface area (Å²) in [6, 6.07) is 0. The molecule has 51 valence electrons. The minimum Gasteiger partial charge on any atom is -0.861 e. The van der Waals surface area contributed by atoms with Crippen molar-refractivity contribution >= 4 is 7.69 Å². The molecule has 1 aromatic heterocycles. The summed E-state index contributed by atoms with van der Waals surface area (Å²) in [5, 5.41) is 15.2. The number of hydrogen-bond donors (Lipinski definition) is 2. The van der Waals surface area contributed by atoms with Gasteiger partial charge in [-0.3, -0.25) is 0 Å².